The highest BCUT2D eigenvalue weighted by Gasteiger charge is 2.35. The molecule has 1 unspecified atom stereocenters. The molecule has 1 amide bonds. The van der Waals surface area contributed by atoms with Crippen LogP contribution < -0.4 is 0 Å². The van der Waals surface area contributed by atoms with Gasteiger partial charge in [-0.05, 0) is 88.2 Å². The number of carbonyl (C=O) groups is 1. The molecule has 1 atom stereocenters. The van der Waals surface area contributed by atoms with Crippen LogP contribution >= 0.6 is 11.6 Å². The highest BCUT2D eigenvalue weighted by molar-refractivity contribution is 6.30. The quantitative estimate of drug-likeness (QED) is 0.328. The Morgan fingerprint density at radius 3 is 2.42 bits per heavy atom. The second-order valence-electron chi connectivity index (χ2n) is 10.1. The molecule has 200 valence electrons. The van der Waals surface area contributed by atoms with Crippen molar-refractivity contribution in [3.05, 3.63) is 71.1 Å². The fourth-order valence-corrected chi connectivity index (χ4v) is 5.29. The molecule has 1 N–H and O–H groups in total. The summed E-state index contributed by atoms with van der Waals surface area (Å²) in [6.07, 6.45) is 13.5. The van der Waals surface area contributed by atoms with E-state index in [0.717, 1.165) is 70.4 Å². The average molecular weight is 519 g/mol. The number of likely N-dealkylation sites (tertiary alicyclic amines) is 2. The third kappa shape index (κ3) is 8.86. The number of amides is 1. The van der Waals surface area contributed by atoms with Gasteiger partial charge in [-0.3, -0.25) is 4.79 Å². The molecule has 36 heavy (non-hydrogen) atoms. The maximum Gasteiger partial charge on any atom is 0.219 e. The van der Waals surface area contributed by atoms with Gasteiger partial charge in [-0.1, -0.05) is 55.5 Å². The Morgan fingerprint density at radius 1 is 1.28 bits per heavy atom. The van der Waals surface area contributed by atoms with Gasteiger partial charge in [-0.2, -0.15) is 0 Å². The largest absolute Gasteiger partial charge is 0.392 e. The number of nitrogens with zero attached hydrogens (tertiary/aromatic N) is 2. The van der Waals surface area contributed by atoms with Crippen LogP contribution in [0, 0.1) is 24.1 Å². The molecule has 6 heteroatoms. The maximum atomic E-state index is 12.4. The smallest absolute Gasteiger partial charge is 0.219 e. The predicted molar refractivity (Wildman–Crippen MR) is 149 cm³/mol. The molecule has 4 nitrogen and oxygen atoms in total. The fourth-order valence-electron chi connectivity index (χ4n) is 5.05. The Bertz CT molecular complexity index is 914. The zero-order chi connectivity index (χ0) is 26.7. The van der Waals surface area contributed by atoms with Gasteiger partial charge >= 0.3 is 0 Å². The summed E-state index contributed by atoms with van der Waals surface area (Å²) in [6.45, 7) is 16.3. The second kappa shape index (κ2) is 14.7. The minimum atomic E-state index is -0.359. The molecular weight excluding hydrogens is 475 g/mol. The van der Waals surface area contributed by atoms with Crippen molar-refractivity contribution >= 4 is 17.5 Å². The summed E-state index contributed by atoms with van der Waals surface area (Å²) in [7, 11) is 0. The lowest BCUT2D eigenvalue weighted by atomic mass is 9.72. The van der Waals surface area contributed by atoms with Crippen molar-refractivity contribution in [1.82, 2.24) is 9.80 Å². The normalized spacial score (nSPS) is 19.8. The highest BCUT2D eigenvalue weighted by Crippen LogP contribution is 2.40. The lowest BCUT2D eigenvalue weighted by molar-refractivity contribution is -0.130. The topological polar surface area (TPSA) is 43.8 Å². The van der Waals surface area contributed by atoms with Crippen molar-refractivity contribution in [3.63, 3.8) is 0 Å². The van der Waals surface area contributed by atoms with Gasteiger partial charge < -0.3 is 14.9 Å². The summed E-state index contributed by atoms with van der Waals surface area (Å²) in [5.41, 5.74) is 2.24. The molecule has 2 saturated heterocycles. The maximum absolute atomic E-state index is 12.4. The van der Waals surface area contributed by atoms with Gasteiger partial charge in [0, 0.05) is 32.0 Å². The van der Waals surface area contributed by atoms with Crippen LogP contribution in [0.15, 0.2) is 54.7 Å². The molecule has 0 aromatic heterocycles. The number of aliphatic hydroxyl groups is 1. The van der Waals surface area contributed by atoms with E-state index in [9.17, 15) is 14.3 Å². The van der Waals surface area contributed by atoms with Crippen LogP contribution in [-0.2, 0) is 4.79 Å². The van der Waals surface area contributed by atoms with Crippen LogP contribution in [0.3, 0.4) is 0 Å². The molecule has 0 bridgehead atoms. The van der Waals surface area contributed by atoms with Crippen molar-refractivity contribution in [2.24, 2.45) is 11.3 Å². The Labute approximate surface area is 222 Å². The Kier molecular flexibility index (Phi) is 12.4. The monoisotopic (exact) mass is 518 g/mol. The Hall–Kier alpha value is -1.95. The molecule has 0 spiro atoms. The molecule has 0 saturated carbocycles. The number of halogens is 2. The zero-order valence-electron chi connectivity index (χ0n) is 22.5. The average Bonchev–Trinajstić information content (AvgIpc) is 2.86. The van der Waals surface area contributed by atoms with E-state index in [2.05, 4.69) is 42.7 Å². The molecule has 0 aliphatic carbocycles. The number of aliphatic hydroxyl groups excluding tert-OH is 1. The third-order valence-electron chi connectivity index (χ3n) is 7.48. The minimum Gasteiger partial charge on any atom is -0.392 e. The van der Waals surface area contributed by atoms with E-state index in [4.69, 9.17) is 11.6 Å². The number of hydrogen-bond donors (Lipinski definition) is 1. The first-order valence-corrected chi connectivity index (χ1v) is 13.6. The fraction of sp³-hybridized carbons (Fsp3) is 0.567. The number of carbonyl (C=O) groups excluding carboxylic acids is 1. The zero-order valence-corrected chi connectivity index (χ0v) is 23.2. The van der Waals surface area contributed by atoms with E-state index < -0.39 is 0 Å². The number of rotatable bonds is 7. The molecular formula is C30H44ClFN2O2. The first kappa shape index (κ1) is 30.3. The van der Waals surface area contributed by atoms with Gasteiger partial charge in [0.25, 0.3) is 0 Å². The molecule has 2 aliphatic rings. The van der Waals surface area contributed by atoms with Crippen LogP contribution in [0.4, 0.5) is 4.39 Å². The molecule has 2 fully saturated rings. The Morgan fingerprint density at radius 2 is 1.92 bits per heavy atom. The summed E-state index contributed by atoms with van der Waals surface area (Å²) in [5.74, 6) is 0.101. The van der Waals surface area contributed by atoms with Crippen molar-refractivity contribution in [2.45, 2.75) is 65.9 Å². The van der Waals surface area contributed by atoms with Gasteiger partial charge in [0.15, 0.2) is 0 Å². The highest BCUT2D eigenvalue weighted by atomic mass is 35.5. The van der Waals surface area contributed by atoms with Crippen LogP contribution in [0.2, 0.25) is 5.02 Å². The second-order valence-corrected chi connectivity index (χ2v) is 10.5. The van der Waals surface area contributed by atoms with E-state index in [1.165, 1.54) is 11.6 Å². The molecule has 1 aromatic carbocycles. The SMILES string of the molecule is C=C(/C=C\C)C1(/C=C\CC)CCN(CC(O)C2CCN(C(C)=O)CC2)CC1.Cc1ccc(F)c(Cl)c1. The van der Waals surface area contributed by atoms with Crippen molar-refractivity contribution in [2.75, 3.05) is 32.7 Å². The first-order valence-electron chi connectivity index (χ1n) is 13.2. The molecule has 2 heterocycles. The summed E-state index contributed by atoms with van der Waals surface area (Å²) in [4.78, 5) is 15.8. The number of hydrogen-bond acceptors (Lipinski definition) is 3. The summed E-state index contributed by atoms with van der Waals surface area (Å²) < 4.78 is 12.4. The molecule has 0 radical (unpaired) electrons. The number of aryl methyl sites for hydroxylation is 1. The van der Waals surface area contributed by atoms with E-state index in [-0.39, 0.29) is 28.3 Å². The lowest BCUT2D eigenvalue weighted by Crippen LogP contribution is -2.47. The van der Waals surface area contributed by atoms with E-state index in [1.54, 1.807) is 19.1 Å². The molecule has 2 aliphatic heterocycles. The van der Waals surface area contributed by atoms with Crippen molar-refractivity contribution in [3.8, 4) is 0 Å². The van der Waals surface area contributed by atoms with Gasteiger partial charge in [0.2, 0.25) is 5.91 Å². The van der Waals surface area contributed by atoms with E-state index in [0.29, 0.717) is 5.92 Å². The predicted octanol–water partition coefficient (Wildman–Crippen LogP) is 6.57. The van der Waals surface area contributed by atoms with Crippen molar-refractivity contribution < 1.29 is 14.3 Å². The first-order chi connectivity index (χ1) is 17.1. The standard InChI is InChI=1S/C23H38N2O2.C7H6ClF/c1-5-7-11-23(19(3)8-6-2)12-16-24(17-13-23)18-22(27)21-9-14-25(15-10-21)20(4)26;1-5-2-3-7(9)6(8)4-5/h6-8,11,21-22,27H,3,5,9-10,12-18H2,1-2,4H3;2-4H,1H3/b8-6-,11-7-;. The van der Waals surface area contributed by atoms with Gasteiger partial charge in [-0.25, -0.2) is 4.39 Å². The molecule has 3 rings (SSSR count). The van der Waals surface area contributed by atoms with Gasteiger partial charge in [0.1, 0.15) is 5.82 Å². The van der Waals surface area contributed by atoms with Crippen LogP contribution in [0.25, 0.3) is 0 Å². The lowest BCUT2D eigenvalue weighted by Gasteiger charge is -2.42. The van der Waals surface area contributed by atoms with Crippen molar-refractivity contribution in [1.29, 1.82) is 0 Å². The van der Waals surface area contributed by atoms with E-state index >= 15 is 0 Å². The summed E-state index contributed by atoms with van der Waals surface area (Å²) >= 11 is 5.44. The molecule has 1 aromatic rings. The number of allylic oxidation sites excluding steroid dienone is 5. The van der Waals surface area contributed by atoms with Crippen LogP contribution in [-0.4, -0.2) is 59.6 Å². The van der Waals surface area contributed by atoms with Gasteiger partial charge in [0.05, 0.1) is 11.1 Å². The Balaban J connectivity index is 0.000000425. The number of β-amino-alcohol motifs (C(OH)–C–C–N with tert-alkyl or cyclic N) is 1. The van der Waals surface area contributed by atoms with E-state index in [1.807, 2.05) is 18.7 Å². The van der Waals surface area contributed by atoms with Crippen LogP contribution in [0.5, 0.6) is 0 Å². The van der Waals surface area contributed by atoms with Gasteiger partial charge in [-0.15, -0.1) is 0 Å². The number of benzene rings is 1. The van der Waals surface area contributed by atoms with Crippen LogP contribution in [0.1, 0.15) is 58.4 Å². The summed E-state index contributed by atoms with van der Waals surface area (Å²) in [6, 6.07) is 4.63. The third-order valence-corrected chi connectivity index (χ3v) is 7.77. The number of piperidine rings is 2. The summed E-state index contributed by atoms with van der Waals surface area (Å²) in [5, 5.41) is 10.9. The minimum absolute atomic E-state index is 0.0663.